The highest BCUT2D eigenvalue weighted by Crippen LogP contribution is 2.30. The summed E-state index contributed by atoms with van der Waals surface area (Å²) < 4.78 is 5.61. The van der Waals surface area contributed by atoms with Crippen LogP contribution in [0.2, 0.25) is 5.02 Å². The van der Waals surface area contributed by atoms with Crippen LogP contribution in [-0.2, 0) is 0 Å². The van der Waals surface area contributed by atoms with Crippen LogP contribution in [0.4, 0.5) is 5.69 Å². The Bertz CT molecular complexity index is 696. The Kier molecular flexibility index (Phi) is 4.56. The zero-order valence-electron chi connectivity index (χ0n) is 12.7. The molecule has 0 atom stereocenters. The number of nitrogens with two attached hydrogens (primary N) is 1. The van der Waals surface area contributed by atoms with Crippen molar-refractivity contribution in [3.8, 4) is 11.6 Å². The molecule has 1 amide bonds. The van der Waals surface area contributed by atoms with Crippen molar-refractivity contribution >= 4 is 23.2 Å². The lowest BCUT2D eigenvalue weighted by Gasteiger charge is -2.20. The van der Waals surface area contributed by atoms with Gasteiger partial charge in [0.15, 0.2) is 0 Å². The van der Waals surface area contributed by atoms with E-state index in [0.29, 0.717) is 16.5 Å². The van der Waals surface area contributed by atoms with Gasteiger partial charge in [0.2, 0.25) is 5.88 Å². The zero-order valence-corrected chi connectivity index (χ0v) is 13.4. The van der Waals surface area contributed by atoms with Crippen LogP contribution in [-0.4, -0.2) is 16.4 Å². The summed E-state index contributed by atoms with van der Waals surface area (Å²) in [4.78, 5) is 16.3. The molecule has 22 heavy (non-hydrogen) atoms. The summed E-state index contributed by atoms with van der Waals surface area (Å²) in [5.41, 5.74) is 6.12. The van der Waals surface area contributed by atoms with Crippen molar-refractivity contribution in [2.75, 3.05) is 5.73 Å². The molecule has 6 heteroatoms. The van der Waals surface area contributed by atoms with Gasteiger partial charge in [-0.2, -0.15) is 0 Å². The molecule has 116 valence electrons. The Hall–Kier alpha value is -2.27. The Morgan fingerprint density at radius 1 is 1.27 bits per heavy atom. The standard InChI is InChI=1S/C16H18ClN3O2/c1-16(2,3)20-15(21)12-5-4-6-14(19-12)22-13-8-7-10(18)9-11(13)17/h4-9H,18H2,1-3H3,(H,20,21). The first-order valence-electron chi connectivity index (χ1n) is 6.77. The minimum Gasteiger partial charge on any atom is -0.437 e. The van der Waals surface area contributed by atoms with Gasteiger partial charge < -0.3 is 15.8 Å². The lowest BCUT2D eigenvalue weighted by molar-refractivity contribution is 0.0913. The van der Waals surface area contributed by atoms with Gasteiger partial charge in [0, 0.05) is 17.3 Å². The fourth-order valence-corrected chi connectivity index (χ4v) is 1.94. The molecule has 2 aromatic rings. The largest absolute Gasteiger partial charge is 0.437 e. The van der Waals surface area contributed by atoms with E-state index in [0.717, 1.165) is 0 Å². The number of aromatic nitrogens is 1. The number of hydrogen-bond acceptors (Lipinski definition) is 4. The molecule has 0 unspecified atom stereocenters. The summed E-state index contributed by atoms with van der Waals surface area (Å²) in [6, 6.07) is 9.90. The number of amides is 1. The van der Waals surface area contributed by atoms with Crippen LogP contribution in [0.5, 0.6) is 11.6 Å². The lowest BCUT2D eigenvalue weighted by atomic mass is 10.1. The van der Waals surface area contributed by atoms with Crippen LogP contribution in [0, 0.1) is 0 Å². The molecule has 0 fully saturated rings. The number of nitrogens with zero attached hydrogens (tertiary/aromatic N) is 1. The Morgan fingerprint density at radius 3 is 2.64 bits per heavy atom. The summed E-state index contributed by atoms with van der Waals surface area (Å²) in [6.45, 7) is 5.71. The van der Waals surface area contributed by atoms with E-state index in [1.807, 2.05) is 20.8 Å². The predicted octanol–water partition coefficient (Wildman–Crippen LogP) is 3.64. The molecule has 0 aliphatic carbocycles. The molecule has 0 bridgehead atoms. The fourth-order valence-electron chi connectivity index (χ4n) is 1.72. The molecule has 0 saturated carbocycles. The minimum absolute atomic E-state index is 0.263. The second kappa shape index (κ2) is 6.23. The summed E-state index contributed by atoms with van der Waals surface area (Å²) in [7, 11) is 0. The van der Waals surface area contributed by atoms with Gasteiger partial charge >= 0.3 is 0 Å². The van der Waals surface area contributed by atoms with Gasteiger partial charge in [-0.15, -0.1) is 0 Å². The molecule has 1 heterocycles. The summed E-state index contributed by atoms with van der Waals surface area (Å²) in [5.74, 6) is 0.450. The van der Waals surface area contributed by atoms with Gasteiger partial charge in [-0.1, -0.05) is 17.7 Å². The third-order valence-electron chi connectivity index (χ3n) is 2.62. The molecule has 0 radical (unpaired) electrons. The van der Waals surface area contributed by atoms with Gasteiger partial charge in [0.25, 0.3) is 5.91 Å². The molecular weight excluding hydrogens is 302 g/mol. The summed E-state index contributed by atoms with van der Waals surface area (Å²) >= 11 is 6.06. The molecule has 0 spiro atoms. The van der Waals surface area contributed by atoms with Gasteiger partial charge in [0.1, 0.15) is 11.4 Å². The third kappa shape index (κ3) is 4.36. The smallest absolute Gasteiger partial charge is 0.270 e. The predicted molar refractivity (Wildman–Crippen MR) is 87.4 cm³/mol. The number of pyridine rings is 1. The maximum absolute atomic E-state index is 12.1. The van der Waals surface area contributed by atoms with Crippen LogP contribution in [0.1, 0.15) is 31.3 Å². The van der Waals surface area contributed by atoms with Gasteiger partial charge in [-0.3, -0.25) is 4.79 Å². The van der Waals surface area contributed by atoms with E-state index >= 15 is 0 Å². The van der Waals surface area contributed by atoms with E-state index in [-0.39, 0.29) is 23.0 Å². The molecule has 0 saturated heterocycles. The van der Waals surface area contributed by atoms with E-state index in [1.165, 1.54) is 0 Å². The molecule has 3 N–H and O–H groups in total. The van der Waals surface area contributed by atoms with Crippen molar-refractivity contribution in [2.45, 2.75) is 26.3 Å². The fraction of sp³-hybridized carbons (Fsp3) is 0.250. The molecule has 5 nitrogen and oxygen atoms in total. The SMILES string of the molecule is CC(C)(C)NC(=O)c1cccc(Oc2ccc(N)cc2Cl)n1. The van der Waals surface area contributed by atoms with Crippen molar-refractivity contribution in [3.05, 3.63) is 47.1 Å². The number of halogens is 1. The van der Waals surface area contributed by atoms with Crippen molar-refractivity contribution in [1.29, 1.82) is 0 Å². The number of ether oxygens (including phenoxy) is 1. The molecule has 0 aliphatic rings. The number of carbonyl (C=O) groups excluding carboxylic acids is 1. The van der Waals surface area contributed by atoms with E-state index in [2.05, 4.69) is 10.3 Å². The van der Waals surface area contributed by atoms with Crippen molar-refractivity contribution in [2.24, 2.45) is 0 Å². The van der Waals surface area contributed by atoms with Gasteiger partial charge in [-0.25, -0.2) is 4.98 Å². The number of nitrogens with one attached hydrogen (secondary N) is 1. The Labute approximate surface area is 134 Å². The quantitative estimate of drug-likeness (QED) is 0.847. The van der Waals surface area contributed by atoms with Crippen LogP contribution < -0.4 is 15.8 Å². The highest BCUT2D eigenvalue weighted by atomic mass is 35.5. The molecule has 1 aromatic carbocycles. The van der Waals surface area contributed by atoms with Crippen LogP contribution >= 0.6 is 11.6 Å². The molecule has 0 aliphatic heterocycles. The number of carbonyl (C=O) groups is 1. The number of anilines is 1. The van der Waals surface area contributed by atoms with Crippen molar-refractivity contribution in [1.82, 2.24) is 10.3 Å². The van der Waals surface area contributed by atoms with Crippen molar-refractivity contribution < 1.29 is 9.53 Å². The Morgan fingerprint density at radius 2 is 2.00 bits per heavy atom. The maximum Gasteiger partial charge on any atom is 0.270 e. The monoisotopic (exact) mass is 319 g/mol. The van der Waals surface area contributed by atoms with Gasteiger partial charge in [-0.05, 0) is 45.0 Å². The first-order valence-corrected chi connectivity index (χ1v) is 7.15. The second-order valence-corrected chi connectivity index (χ2v) is 6.26. The Balaban J connectivity index is 2.20. The number of benzene rings is 1. The zero-order chi connectivity index (χ0) is 16.3. The average Bonchev–Trinajstić information content (AvgIpc) is 2.40. The number of rotatable bonds is 3. The molecule has 1 aromatic heterocycles. The lowest BCUT2D eigenvalue weighted by Crippen LogP contribution is -2.40. The van der Waals surface area contributed by atoms with Crippen LogP contribution in [0.3, 0.4) is 0 Å². The van der Waals surface area contributed by atoms with E-state index < -0.39 is 0 Å². The van der Waals surface area contributed by atoms with Crippen LogP contribution in [0.15, 0.2) is 36.4 Å². The first-order chi connectivity index (χ1) is 10.2. The highest BCUT2D eigenvalue weighted by molar-refractivity contribution is 6.32. The average molecular weight is 320 g/mol. The summed E-state index contributed by atoms with van der Waals surface area (Å²) in [5, 5.41) is 3.23. The van der Waals surface area contributed by atoms with Crippen LogP contribution in [0.25, 0.3) is 0 Å². The maximum atomic E-state index is 12.1. The normalized spacial score (nSPS) is 11.1. The number of hydrogen-bond donors (Lipinski definition) is 2. The summed E-state index contributed by atoms with van der Waals surface area (Å²) in [6.07, 6.45) is 0. The van der Waals surface area contributed by atoms with E-state index in [9.17, 15) is 4.79 Å². The van der Waals surface area contributed by atoms with E-state index in [1.54, 1.807) is 36.4 Å². The first kappa shape index (κ1) is 16.1. The number of nitrogen functional groups attached to an aromatic ring is 1. The minimum atomic E-state index is -0.337. The van der Waals surface area contributed by atoms with Gasteiger partial charge in [0.05, 0.1) is 5.02 Å². The van der Waals surface area contributed by atoms with E-state index in [4.69, 9.17) is 22.1 Å². The molecule has 2 rings (SSSR count). The topological polar surface area (TPSA) is 77.2 Å². The highest BCUT2D eigenvalue weighted by Gasteiger charge is 2.17. The second-order valence-electron chi connectivity index (χ2n) is 5.86. The molecular formula is C16H18ClN3O2. The van der Waals surface area contributed by atoms with Crippen molar-refractivity contribution in [3.63, 3.8) is 0 Å². The third-order valence-corrected chi connectivity index (χ3v) is 2.91.